The third kappa shape index (κ3) is 2.60. The van der Waals surface area contributed by atoms with Crippen LogP contribution in [0.3, 0.4) is 0 Å². The third-order valence-electron chi connectivity index (χ3n) is 4.04. The van der Waals surface area contributed by atoms with Crippen molar-refractivity contribution in [2.45, 2.75) is 20.3 Å². The van der Waals surface area contributed by atoms with Gasteiger partial charge in [0.25, 0.3) is 0 Å². The Morgan fingerprint density at radius 1 is 1.35 bits per heavy atom. The fourth-order valence-corrected chi connectivity index (χ4v) is 2.76. The van der Waals surface area contributed by atoms with E-state index < -0.39 is 0 Å². The molecule has 0 saturated heterocycles. The van der Waals surface area contributed by atoms with E-state index in [1.807, 2.05) is 0 Å². The fourth-order valence-electron chi connectivity index (χ4n) is 2.76. The van der Waals surface area contributed by atoms with E-state index in [1.54, 1.807) is 12.1 Å². The number of hydrogen-bond acceptors (Lipinski definition) is 2. The number of hydrogen-bond donors (Lipinski definition) is 1. The van der Waals surface area contributed by atoms with Gasteiger partial charge in [0.2, 0.25) is 0 Å². The van der Waals surface area contributed by atoms with Crippen LogP contribution in [0.15, 0.2) is 24.3 Å². The van der Waals surface area contributed by atoms with Crippen molar-refractivity contribution in [1.29, 1.82) is 0 Å². The van der Waals surface area contributed by atoms with Crippen molar-refractivity contribution < 1.29 is 9.13 Å². The van der Waals surface area contributed by atoms with E-state index in [4.69, 9.17) is 10.5 Å². The van der Waals surface area contributed by atoms with Crippen LogP contribution in [0.5, 0.6) is 5.75 Å². The molecule has 2 rings (SSSR count). The second-order valence-corrected chi connectivity index (χ2v) is 5.36. The lowest BCUT2D eigenvalue weighted by Gasteiger charge is -2.06. The molecule has 1 aromatic rings. The molecule has 0 aromatic heterocycles. The Kier molecular flexibility index (Phi) is 3.38. The molecule has 1 aliphatic carbocycles. The predicted octanol–water partition coefficient (Wildman–Crippen LogP) is 2.83. The summed E-state index contributed by atoms with van der Waals surface area (Å²) in [7, 11) is 0. The van der Waals surface area contributed by atoms with Gasteiger partial charge in [-0.05, 0) is 42.3 Å². The van der Waals surface area contributed by atoms with Crippen molar-refractivity contribution in [3.8, 4) is 5.75 Å². The monoisotopic (exact) mass is 237 g/mol. The van der Waals surface area contributed by atoms with Crippen molar-refractivity contribution in [3.63, 3.8) is 0 Å². The van der Waals surface area contributed by atoms with Gasteiger partial charge in [0.15, 0.2) is 0 Å². The standard InChI is InChI=1S/C14H20FNO/c1-14(2)12(13(14)9-16)6-7-17-11-5-3-4-10(15)8-11/h3-5,8,12-13H,6-7,9,16H2,1-2H3/t12-,13-/m0/s1. The average molecular weight is 237 g/mol. The van der Waals surface area contributed by atoms with Crippen LogP contribution in [-0.2, 0) is 0 Å². The first-order valence-electron chi connectivity index (χ1n) is 6.14. The highest BCUT2D eigenvalue weighted by Crippen LogP contribution is 2.59. The van der Waals surface area contributed by atoms with Gasteiger partial charge in [-0.15, -0.1) is 0 Å². The van der Waals surface area contributed by atoms with Crippen molar-refractivity contribution >= 4 is 0 Å². The minimum absolute atomic E-state index is 0.255. The molecule has 0 radical (unpaired) electrons. The molecule has 0 amide bonds. The number of halogens is 1. The number of nitrogens with two attached hydrogens (primary N) is 1. The van der Waals surface area contributed by atoms with E-state index >= 15 is 0 Å². The zero-order valence-electron chi connectivity index (χ0n) is 10.4. The Labute approximate surface area is 102 Å². The summed E-state index contributed by atoms with van der Waals surface area (Å²) in [4.78, 5) is 0. The summed E-state index contributed by atoms with van der Waals surface area (Å²) in [6.07, 6.45) is 0.991. The molecule has 94 valence electrons. The van der Waals surface area contributed by atoms with Gasteiger partial charge in [0.1, 0.15) is 11.6 Å². The maximum absolute atomic E-state index is 12.9. The molecule has 2 atom stereocenters. The van der Waals surface area contributed by atoms with Gasteiger partial charge in [-0.3, -0.25) is 0 Å². The van der Waals surface area contributed by atoms with Gasteiger partial charge >= 0.3 is 0 Å². The number of rotatable bonds is 5. The van der Waals surface area contributed by atoms with Gasteiger partial charge < -0.3 is 10.5 Å². The van der Waals surface area contributed by atoms with Crippen LogP contribution in [0.25, 0.3) is 0 Å². The van der Waals surface area contributed by atoms with Crippen LogP contribution >= 0.6 is 0 Å². The summed E-state index contributed by atoms with van der Waals surface area (Å²) in [6, 6.07) is 6.27. The molecular weight excluding hydrogens is 217 g/mol. The lowest BCUT2D eigenvalue weighted by Crippen LogP contribution is -2.05. The molecule has 3 heteroatoms. The Morgan fingerprint density at radius 2 is 2.12 bits per heavy atom. The van der Waals surface area contributed by atoms with Crippen molar-refractivity contribution in [3.05, 3.63) is 30.1 Å². The maximum Gasteiger partial charge on any atom is 0.126 e. The molecule has 0 heterocycles. The van der Waals surface area contributed by atoms with Gasteiger partial charge in [-0.25, -0.2) is 4.39 Å². The smallest absolute Gasteiger partial charge is 0.126 e. The van der Waals surface area contributed by atoms with E-state index in [-0.39, 0.29) is 5.82 Å². The van der Waals surface area contributed by atoms with Gasteiger partial charge in [0, 0.05) is 6.07 Å². The van der Waals surface area contributed by atoms with E-state index in [0.717, 1.165) is 13.0 Å². The van der Waals surface area contributed by atoms with Crippen LogP contribution in [0, 0.1) is 23.1 Å². The molecule has 17 heavy (non-hydrogen) atoms. The van der Waals surface area contributed by atoms with Gasteiger partial charge in [-0.2, -0.15) is 0 Å². The highest BCUT2D eigenvalue weighted by molar-refractivity contribution is 5.22. The first-order valence-corrected chi connectivity index (χ1v) is 6.14. The average Bonchev–Trinajstić information content (AvgIpc) is 2.80. The highest BCUT2D eigenvalue weighted by atomic mass is 19.1. The summed E-state index contributed by atoms with van der Waals surface area (Å²) in [6.45, 7) is 5.88. The van der Waals surface area contributed by atoms with Gasteiger partial charge in [0.05, 0.1) is 6.61 Å². The predicted molar refractivity (Wildman–Crippen MR) is 66.3 cm³/mol. The maximum atomic E-state index is 12.9. The van der Waals surface area contributed by atoms with Gasteiger partial charge in [-0.1, -0.05) is 19.9 Å². The zero-order chi connectivity index (χ0) is 12.5. The minimum atomic E-state index is -0.255. The summed E-state index contributed by atoms with van der Waals surface area (Å²) in [5.74, 6) is 1.60. The summed E-state index contributed by atoms with van der Waals surface area (Å²) in [5, 5.41) is 0. The minimum Gasteiger partial charge on any atom is -0.493 e. The Balaban J connectivity index is 1.78. The van der Waals surface area contributed by atoms with Crippen molar-refractivity contribution in [2.24, 2.45) is 23.0 Å². The highest BCUT2D eigenvalue weighted by Gasteiger charge is 2.55. The zero-order valence-corrected chi connectivity index (χ0v) is 10.4. The van der Waals surface area contributed by atoms with Crippen LogP contribution in [0.1, 0.15) is 20.3 Å². The molecule has 1 aromatic carbocycles. The molecule has 2 N–H and O–H groups in total. The lowest BCUT2D eigenvalue weighted by molar-refractivity contribution is 0.291. The Hall–Kier alpha value is -1.09. The first kappa shape index (κ1) is 12.4. The van der Waals surface area contributed by atoms with Crippen molar-refractivity contribution in [1.82, 2.24) is 0 Å². The summed E-state index contributed by atoms with van der Waals surface area (Å²) < 4.78 is 18.5. The molecule has 2 nitrogen and oxygen atoms in total. The van der Waals surface area contributed by atoms with Crippen LogP contribution in [0.4, 0.5) is 4.39 Å². The lowest BCUT2D eigenvalue weighted by atomic mass is 10.1. The first-order chi connectivity index (χ1) is 8.05. The molecular formula is C14H20FNO. The summed E-state index contributed by atoms with van der Waals surface area (Å²) >= 11 is 0. The van der Waals surface area contributed by atoms with E-state index in [0.29, 0.717) is 29.6 Å². The Morgan fingerprint density at radius 3 is 2.71 bits per heavy atom. The molecule has 0 unspecified atom stereocenters. The number of ether oxygens (including phenoxy) is 1. The fraction of sp³-hybridized carbons (Fsp3) is 0.571. The molecule has 1 aliphatic rings. The molecule has 0 aliphatic heterocycles. The topological polar surface area (TPSA) is 35.2 Å². The van der Waals surface area contributed by atoms with E-state index in [9.17, 15) is 4.39 Å². The second kappa shape index (κ2) is 4.65. The normalized spacial score (nSPS) is 25.6. The quantitative estimate of drug-likeness (QED) is 0.854. The molecule has 1 fully saturated rings. The summed E-state index contributed by atoms with van der Waals surface area (Å²) in [5.41, 5.74) is 6.06. The molecule has 0 spiro atoms. The van der Waals surface area contributed by atoms with E-state index in [2.05, 4.69) is 13.8 Å². The molecule has 1 saturated carbocycles. The van der Waals surface area contributed by atoms with Crippen molar-refractivity contribution in [2.75, 3.05) is 13.2 Å². The second-order valence-electron chi connectivity index (χ2n) is 5.36. The largest absolute Gasteiger partial charge is 0.493 e. The number of benzene rings is 1. The third-order valence-corrected chi connectivity index (χ3v) is 4.04. The van der Waals surface area contributed by atoms with Crippen LogP contribution in [0.2, 0.25) is 0 Å². The van der Waals surface area contributed by atoms with E-state index in [1.165, 1.54) is 12.1 Å². The SMILES string of the molecule is CC1(C)[C@@H](CN)[C@@H]1CCOc1cccc(F)c1. The molecule has 0 bridgehead atoms. The Bertz CT molecular complexity index is 392. The van der Waals surface area contributed by atoms with Crippen LogP contribution < -0.4 is 10.5 Å². The van der Waals surface area contributed by atoms with Crippen LogP contribution in [-0.4, -0.2) is 13.2 Å².